The van der Waals surface area contributed by atoms with Gasteiger partial charge in [0, 0.05) is 24.9 Å². The Bertz CT molecular complexity index is 181. The Morgan fingerprint density at radius 1 is 1.45 bits per heavy atom. The number of carbonyl (C=O) groups excluding carboxylic acids is 1. The van der Waals surface area contributed by atoms with E-state index in [4.69, 9.17) is 5.73 Å². The van der Waals surface area contributed by atoms with E-state index < -0.39 is 0 Å². The van der Waals surface area contributed by atoms with Crippen molar-refractivity contribution in [2.24, 2.45) is 5.73 Å². The number of primary amides is 1. The molecule has 0 aromatic rings. The average Bonchev–Trinajstić information content (AvgIpc) is 2.39. The molecule has 3 heteroatoms. The largest absolute Gasteiger partial charge is 0.377 e. The van der Waals surface area contributed by atoms with Crippen molar-refractivity contribution in [2.45, 2.75) is 19.8 Å². The molecular formula is C8H14N2O. The van der Waals surface area contributed by atoms with E-state index in [0.29, 0.717) is 5.57 Å². The number of nitrogens with zero attached hydrogens (tertiary/aromatic N) is 1. The minimum absolute atomic E-state index is 0.322. The maximum Gasteiger partial charge on any atom is 0.245 e. The van der Waals surface area contributed by atoms with E-state index in [2.05, 4.69) is 4.90 Å². The third-order valence-corrected chi connectivity index (χ3v) is 1.91. The van der Waals surface area contributed by atoms with Crippen molar-refractivity contribution in [1.82, 2.24) is 4.90 Å². The van der Waals surface area contributed by atoms with E-state index >= 15 is 0 Å². The van der Waals surface area contributed by atoms with Crippen LogP contribution in [0.4, 0.5) is 0 Å². The molecule has 1 fully saturated rings. The fraction of sp³-hybridized carbons (Fsp3) is 0.625. The highest BCUT2D eigenvalue weighted by molar-refractivity contribution is 5.91. The summed E-state index contributed by atoms with van der Waals surface area (Å²) in [6.07, 6.45) is 4.31. The van der Waals surface area contributed by atoms with Crippen molar-refractivity contribution >= 4 is 5.91 Å². The lowest BCUT2D eigenvalue weighted by Crippen LogP contribution is -2.17. The minimum Gasteiger partial charge on any atom is -0.377 e. The molecule has 62 valence electrons. The molecule has 0 spiro atoms. The standard InChI is InChI=1S/C8H14N2O/c1-7(8(9)11)6-10-4-2-3-5-10/h6H,2-5H2,1H3,(H2,9,11)/b7-6+. The number of nitrogens with two attached hydrogens (primary N) is 1. The molecule has 1 heterocycles. The molecule has 0 aromatic carbocycles. The fourth-order valence-electron chi connectivity index (χ4n) is 1.21. The zero-order valence-electron chi connectivity index (χ0n) is 6.84. The molecule has 1 amide bonds. The predicted molar refractivity (Wildman–Crippen MR) is 43.8 cm³/mol. The summed E-state index contributed by atoms with van der Waals surface area (Å²) in [6.45, 7) is 3.87. The lowest BCUT2D eigenvalue weighted by Gasteiger charge is -2.11. The second-order valence-electron chi connectivity index (χ2n) is 2.92. The fourth-order valence-corrected chi connectivity index (χ4v) is 1.21. The van der Waals surface area contributed by atoms with Crippen molar-refractivity contribution in [2.75, 3.05) is 13.1 Å². The molecule has 1 saturated heterocycles. The van der Waals surface area contributed by atoms with Crippen LogP contribution in [0.3, 0.4) is 0 Å². The topological polar surface area (TPSA) is 46.3 Å². The molecule has 0 aliphatic carbocycles. The summed E-state index contributed by atoms with van der Waals surface area (Å²) in [7, 11) is 0. The van der Waals surface area contributed by atoms with E-state index in [1.807, 2.05) is 6.20 Å². The van der Waals surface area contributed by atoms with Crippen molar-refractivity contribution in [1.29, 1.82) is 0 Å². The van der Waals surface area contributed by atoms with Gasteiger partial charge in [-0.25, -0.2) is 0 Å². The van der Waals surface area contributed by atoms with Crippen LogP contribution in [0.15, 0.2) is 11.8 Å². The van der Waals surface area contributed by atoms with E-state index in [0.717, 1.165) is 13.1 Å². The van der Waals surface area contributed by atoms with Crippen LogP contribution in [0.1, 0.15) is 19.8 Å². The number of amides is 1. The van der Waals surface area contributed by atoms with E-state index in [1.54, 1.807) is 6.92 Å². The third-order valence-electron chi connectivity index (χ3n) is 1.91. The van der Waals surface area contributed by atoms with Crippen molar-refractivity contribution < 1.29 is 4.79 Å². The molecule has 0 bridgehead atoms. The van der Waals surface area contributed by atoms with Crippen LogP contribution in [0.2, 0.25) is 0 Å². The Labute approximate surface area is 66.9 Å². The summed E-state index contributed by atoms with van der Waals surface area (Å²) in [5.74, 6) is -0.322. The van der Waals surface area contributed by atoms with Gasteiger partial charge < -0.3 is 10.6 Å². The normalized spacial score (nSPS) is 19.0. The van der Waals surface area contributed by atoms with Crippen LogP contribution in [-0.2, 0) is 4.79 Å². The molecule has 1 aliphatic heterocycles. The quantitative estimate of drug-likeness (QED) is 0.588. The molecule has 0 atom stereocenters. The molecule has 1 rings (SSSR count). The van der Waals surface area contributed by atoms with Gasteiger partial charge in [-0.1, -0.05) is 0 Å². The van der Waals surface area contributed by atoms with Crippen LogP contribution in [-0.4, -0.2) is 23.9 Å². The molecular weight excluding hydrogens is 140 g/mol. The number of carbonyl (C=O) groups is 1. The molecule has 2 N–H and O–H groups in total. The van der Waals surface area contributed by atoms with Gasteiger partial charge in [0.1, 0.15) is 0 Å². The third kappa shape index (κ3) is 2.26. The first-order chi connectivity index (χ1) is 5.20. The maximum absolute atomic E-state index is 10.6. The molecule has 1 aliphatic rings. The minimum atomic E-state index is -0.322. The number of hydrogen-bond donors (Lipinski definition) is 1. The first-order valence-electron chi connectivity index (χ1n) is 3.92. The summed E-state index contributed by atoms with van der Waals surface area (Å²) in [4.78, 5) is 12.8. The number of hydrogen-bond acceptors (Lipinski definition) is 2. The van der Waals surface area contributed by atoms with Crippen LogP contribution in [0.25, 0.3) is 0 Å². The molecule has 11 heavy (non-hydrogen) atoms. The van der Waals surface area contributed by atoms with Crippen LogP contribution >= 0.6 is 0 Å². The van der Waals surface area contributed by atoms with E-state index in [1.165, 1.54) is 12.8 Å². The Morgan fingerprint density at radius 3 is 2.45 bits per heavy atom. The highest BCUT2D eigenvalue weighted by Gasteiger charge is 2.08. The zero-order chi connectivity index (χ0) is 8.27. The van der Waals surface area contributed by atoms with Crippen LogP contribution < -0.4 is 5.73 Å². The highest BCUT2D eigenvalue weighted by atomic mass is 16.1. The highest BCUT2D eigenvalue weighted by Crippen LogP contribution is 2.08. The summed E-state index contributed by atoms with van der Waals surface area (Å²) in [5, 5.41) is 0. The average molecular weight is 154 g/mol. The first kappa shape index (κ1) is 8.11. The van der Waals surface area contributed by atoms with Gasteiger partial charge in [0.15, 0.2) is 0 Å². The van der Waals surface area contributed by atoms with Crippen molar-refractivity contribution in [3.8, 4) is 0 Å². The molecule has 0 saturated carbocycles. The van der Waals surface area contributed by atoms with Gasteiger partial charge in [0.25, 0.3) is 0 Å². The smallest absolute Gasteiger partial charge is 0.245 e. The molecule has 0 unspecified atom stereocenters. The number of rotatable bonds is 2. The van der Waals surface area contributed by atoms with E-state index in [-0.39, 0.29) is 5.91 Å². The SMILES string of the molecule is C/C(=C\N1CCCC1)C(N)=O. The Morgan fingerprint density at radius 2 is 2.00 bits per heavy atom. The van der Waals surface area contributed by atoms with Gasteiger partial charge in [0.2, 0.25) is 5.91 Å². The number of likely N-dealkylation sites (tertiary alicyclic amines) is 1. The molecule has 0 radical (unpaired) electrons. The van der Waals surface area contributed by atoms with Gasteiger partial charge in [-0.15, -0.1) is 0 Å². The molecule has 3 nitrogen and oxygen atoms in total. The van der Waals surface area contributed by atoms with Gasteiger partial charge in [-0.2, -0.15) is 0 Å². The monoisotopic (exact) mass is 154 g/mol. The Balaban J connectivity index is 2.49. The lowest BCUT2D eigenvalue weighted by atomic mass is 10.3. The van der Waals surface area contributed by atoms with Gasteiger partial charge in [-0.3, -0.25) is 4.79 Å². The summed E-state index contributed by atoms with van der Waals surface area (Å²) in [5.41, 5.74) is 5.73. The van der Waals surface area contributed by atoms with E-state index in [9.17, 15) is 4.79 Å². The second kappa shape index (κ2) is 3.42. The zero-order valence-corrected chi connectivity index (χ0v) is 6.84. The van der Waals surface area contributed by atoms with Crippen LogP contribution in [0.5, 0.6) is 0 Å². The maximum atomic E-state index is 10.6. The Hall–Kier alpha value is -0.990. The summed E-state index contributed by atoms with van der Waals surface area (Å²) < 4.78 is 0. The summed E-state index contributed by atoms with van der Waals surface area (Å²) in [6, 6.07) is 0. The Kier molecular flexibility index (Phi) is 2.52. The predicted octanol–water partition coefficient (Wildman–Crippen LogP) is 0.471. The van der Waals surface area contributed by atoms with Crippen molar-refractivity contribution in [3.63, 3.8) is 0 Å². The first-order valence-corrected chi connectivity index (χ1v) is 3.92. The second-order valence-corrected chi connectivity index (χ2v) is 2.92. The van der Waals surface area contributed by atoms with Gasteiger partial charge in [0.05, 0.1) is 0 Å². The van der Waals surface area contributed by atoms with Gasteiger partial charge >= 0.3 is 0 Å². The van der Waals surface area contributed by atoms with Crippen LogP contribution in [0, 0.1) is 0 Å². The lowest BCUT2D eigenvalue weighted by molar-refractivity contribution is -0.114. The van der Waals surface area contributed by atoms with Gasteiger partial charge in [-0.05, 0) is 19.8 Å². The molecule has 0 aromatic heterocycles. The van der Waals surface area contributed by atoms with Crippen molar-refractivity contribution in [3.05, 3.63) is 11.8 Å². The summed E-state index contributed by atoms with van der Waals surface area (Å²) >= 11 is 0.